The third kappa shape index (κ3) is 4.99. The van der Waals surface area contributed by atoms with Gasteiger partial charge in [0.1, 0.15) is 0 Å². The Bertz CT molecular complexity index is 589. The Morgan fingerprint density at radius 1 is 1.40 bits per heavy atom. The van der Waals surface area contributed by atoms with Crippen molar-refractivity contribution in [3.05, 3.63) is 30.1 Å². The number of carbonyl (C=O) groups excluding carboxylic acids is 2. The predicted octanol–water partition coefficient (Wildman–Crippen LogP) is 0.267. The maximum Gasteiger partial charge on any atom is 0.225 e. The van der Waals surface area contributed by atoms with Gasteiger partial charge in [0.25, 0.3) is 0 Å². The molecule has 136 valence electrons. The van der Waals surface area contributed by atoms with Crippen molar-refractivity contribution in [3.63, 3.8) is 0 Å². The summed E-state index contributed by atoms with van der Waals surface area (Å²) >= 11 is 0. The first-order valence-electron chi connectivity index (χ1n) is 8.90. The highest BCUT2D eigenvalue weighted by molar-refractivity contribution is 5.89. The van der Waals surface area contributed by atoms with Gasteiger partial charge in [0.2, 0.25) is 11.8 Å². The van der Waals surface area contributed by atoms with E-state index in [1.807, 2.05) is 25.1 Å². The fourth-order valence-electron chi connectivity index (χ4n) is 3.37. The minimum atomic E-state index is -0.275. The molecule has 2 atom stereocenters. The lowest BCUT2D eigenvalue weighted by molar-refractivity contribution is -0.129. The van der Waals surface area contributed by atoms with Crippen LogP contribution in [0.5, 0.6) is 0 Å². The molecule has 2 amide bonds. The number of aromatic nitrogens is 1. The highest BCUT2D eigenvalue weighted by Crippen LogP contribution is 2.20. The first-order valence-corrected chi connectivity index (χ1v) is 8.90. The Balaban J connectivity index is 1.46. The first kappa shape index (κ1) is 17.8. The Labute approximate surface area is 148 Å². The van der Waals surface area contributed by atoms with E-state index >= 15 is 0 Å². The molecule has 0 aliphatic carbocycles. The van der Waals surface area contributed by atoms with Gasteiger partial charge in [-0.2, -0.15) is 0 Å². The number of likely N-dealkylation sites (tertiary alicyclic amines) is 1. The third-order valence-corrected chi connectivity index (χ3v) is 4.69. The number of pyridine rings is 1. The lowest BCUT2D eigenvalue weighted by atomic mass is 10.1. The van der Waals surface area contributed by atoms with E-state index in [2.05, 4.69) is 15.2 Å². The van der Waals surface area contributed by atoms with Gasteiger partial charge >= 0.3 is 0 Å². The predicted molar refractivity (Wildman–Crippen MR) is 92.6 cm³/mol. The summed E-state index contributed by atoms with van der Waals surface area (Å²) in [5.74, 6) is -0.285. The summed E-state index contributed by atoms with van der Waals surface area (Å²) in [4.78, 5) is 32.9. The average molecular weight is 346 g/mol. The molecule has 3 rings (SSSR count). The average Bonchev–Trinajstić information content (AvgIpc) is 2.97. The second-order valence-corrected chi connectivity index (χ2v) is 6.82. The van der Waals surface area contributed by atoms with Crippen molar-refractivity contribution < 1.29 is 14.3 Å². The molecule has 0 saturated carbocycles. The van der Waals surface area contributed by atoms with Crippen LogP contribution in [0.4, 0.5) is 0 Å². The molecule has 0 aromatic carbocycles. The number of nitrogens with one attached hydrogen (secondary N) is 1. The van der Waals surface area contributed by atoms with Crippen LogP contribution in [0.1, 0.15) is 19.0 Å². The highest BCUT2D eigenvalue weighted by Gasteiger charge is 2.34. The minimum Gasteiger partial charge on any atom is -0.379 e. The van der Waals surface area contributed by atoms with Crippen LogP contribution < -0.4 is 5.32 Å². The molecule has 2 saturated heterocycles. The number of hydrogen-bond acceptors (Lipinski definition) is 5. The van der Waals surface area contributed by atoms with Gasteiger partial charge in [-0.3, -0.25) is 19.5 Å². The van der Waals surface area contributed by atoms with Crippen LogP contribution in [0.3, 0.4) is 0 Å². The molecule has 1 aromatic rings. The maximum atomic E-state index is 12.5. The Morgan fingerprint density at radius 3 is 2.92 bits per heavy atom. The van der Waals surface area contributed by atoms with Crippen LogP contribution in [0, 0.1) is 5.92 Å². The normalized spacial score (nSPS) is 22.8. The number of hydrogen-bond donors (Lipinski definition) is 1. The van der Waals surface area contributed by atoms with Crippen molar-refractivity contribution in [1.29, 1.82) is 0 Å². The number of carbonyl (C=O) groups is 2. The molecule has 25 heavy (non-hydrogen) atoms. The number of morpholine rings is 1. The van der Waals surface area contributed by atoms with Crippen LogP contribution in [-0.2, 0) is 20.9 Å². The van der Waals surface area contributed by atoms with Gasteiger partial charge in [-0.15, -0.1) is 0 Å². The fraction of sp³-hybridized carbons (Fsp3) is 0.611. The summed E-state index contributed by atoms with van der Waals surface area (Å²) in [6.45, 7) is 7.06. The van der Waals surface area contributed by atoms with E-state index in [0.29, 0.717) is 13.1 Å². The molecule has 1 N–H and O–H groups in total. The summed E-state index contributed by atoms with van der Waals surface area (Å²) in [6, 6.07) is 5.71. The van der Waals surface area contributed by atoms with Gasteiger partial charge in [0.15, 0.2) is 0 Å². The molecular weight excluding hydrogens is 320 g/mol. The van der Waals surface area contributed by atoms with Crippen LogP contribution in [0.25, 0.3) is 0 Å². The van der Waals surface area contributed by atoms with Gasteiger partial charge in [-0.05, 0) is 19.1 Å². The number of nitrogens with zero attached hydrogens (tertiary/aromatic N) is 3. The molecule has 0 unspecified atom stereocenters. The van der Waals surface area contributed by atoms with E-state index in [9.17, 15) is 9.59 Å². The minimum absolute atomic E-state index is 0.0200. The van der Waals surface area contributed by atoms with Crippen molar-refractivity contribution in [2.75, 3.05) is 39.4 Å². The fourth-order valence-corrected chi connectivity index (χ4v) is 3.37. The maximum absolute atomic E-state index is 12.5. The first-order chi connectivity index (χ1) is 12.1. The lowest BCUT2D eigenvalue weighted by Gasteiger charge is -2.29. The molecule has 3 heterocycles. The van der Waals surface area contributed by atoms with Crippen LogP contribution in [0.15, 0.2) is 24.4 Å². The molecule has 7 nitrogen and oxygen atoms in total. The molecule has 0 spiro atoms. The van der Waals surface area contributed by atoms with Gasteiger partial charge in [0, 0.05) is 44.8 Å². The topological polar surface area (TPSA) is 74.8 Å². The van der Waals surface area contributed by atoms with Crippen LogP contribution >= 0.6 is 0 Å². The Kier molecular flexibility index (Phi) is 5.99. The van der Waals surface area contributed by atoms with Gasteiger partial charge in [-0.25, -0.2) is 0 Å². The Hall–Kier alpha value is -1.99. The van der Waals surface area contributed by atoms with E-state index in [0.717, 1.165) is 38.5 Å². The summed E-state index contributed by atoms with van der Waals surface area (Å²) < 4.78 is 5.34. The Morgan fingerprint density at radius 2 is 2.20 bits per heavy atom. The highest BCUT2D eigenvalue weighted by atomic mass is 16.5. The second-order valence-electron chi connectivity index (χ2n) is 6.82. The van der Waals surface area contributed by atoms with Crippen LogP contribution in [0.2, 0.25) is 0 Å². The molecule has 0 radical (unpaired) electrons. The van der Waals surface area contributed by atoms with E-state index in [-0.39, 0.29) is 30.2 Å². The molecule has 7 heteroatoms. The van der Waals surface area contributed by atoms with E-state index < -0.39 is 0 Å². The van der Waals surface area contributed by atoms with Gasteiger partial charge < -0.3 is 15.0 Å². The summed E-state index contributed by atoms with van der Waals surface area (Å²) in [5.41, 5.74) is 0.845. The van der Waals surface area contributed by atoms with Crippen molar-refractivity contribution in [2.45, 2.75) is 25.9 Å². The SMILES string of the molecule is C[C@H](CN1CCOCC1)NC(=O)[C@H]1CC(=O)N(Cc2ccccn2)C1. The molecule has 1 aromatic heterocycles. The summed E-state index contributed by atoms with van der Waals surface area (Å²) in [6.07, 6.45) is 2.00. The number of amides is 2. The van der Waals surface area contributed by atoms with E-state index in [1.54, 1.807) is 11.1 Å². The quantitative estimate of drug-likeness (QED) is 0.800. The number of rotatable bonds is 6. The van der Waals surface area contributed by atoms with Crippen LogP contribution in [-0.4, -0.2) is 72.0 Å². The summed E-state index contributed by atoms with van der Waals surface area (Å²) in [7, 11) is 0. The summed E-state index contributed by atoms with van der Waals surface area (Å²) in [5, 5.41) is 3.06. The zero-order valence-electron chi connectivity index (χ0n) is 14.7. The third-order valence-electron chi connectivity index (χ3n) is 4.69. The number of ether oxygens (including phenoxy) is 1. The van der Waals surface area contributed by atoms with Crippen molar-refractivity contribution >= 4 is 11.8 Å². The standard InChI is InChI=1S/C18H26N4O3/c1-14(11-21-6-8-25-9-7-21)20-18(24)15-10-17(23)22(12-15)13-16-4-2-3-5-19-16/h2-5,14-15H,6-13H2,1H3,(H,20,24)/t14-,15+/m1/s1. The van der Waals surface area contributed by atoms with Gasteiger partial charge in [-0.1, -0.05) is 6.07 Å². The van der Waals surface area contributed by atoms with Crippen molar-refractivity contribution in [2.24, 2.45) is 5.92 Å². The molecule has 0 bridgehead atoms. The lowest BCUT2D eigenvalue weighted by Crippen LogP contribution is -2.47. The van der Waals surface area contributed by atoms with E-state index in [1.165, 1.54) is 0 Å². The molecule has 2 aliphatic rings. The molecule has 2 aliphatic heterocycles. The zero-order valence-corrected chi connectivity index (χ0v) is 14.7. The molecular formula is C18H26N4O3. The van der Waals surface area contributed by atoms with E-state index in [4.69, 9.17) is 4.74 Å². The van der Waals surface area contributed by atoms with Crippen molar-refractivity contribution in [1.82, 2.24) is 20.1 Å². The van der Waals surface area contributed by atoms with Gasteiger partial charge in [0.05, 0.1) is 31.4 Å². The smallest absolute Gasteiger partial charge is 0.225 e. The zero-order chi connectivity index (χ0) is 17.6. The van der Waals surface area contributed by atoms with Crippen molar-refractivity contribution in [3.8, 4) is 0 Å². The second kappa shape index (κ2) is 8.40. The largest absolute Gasteiger partial charge is 0.379 e. The molecule has 2 fully saturated rings. The monoisotopic (exact) mass is 346 g/mol.